The number of fused-ring (bicyclic) bond motifs is 1. The number of hydrogen-bond acceptors (Lipinski definition) is 8. The summed E-state index contributed by atoms with van der Waals surface area (Å²) >= 11 is 0. The third-order valence-corrected chi connectivity index (χ3v) is 7.90. The van der Waals surface area contributed by atoms with Gasteiger partial charge in [0, 0.05) is 44.5 Å². The smallest absolute Gasteiger partial charge is 0.355 e. The Balaban J connectivity index is 1.70. The molecule has 0 radical (unpaired) electrons. The molecule has 12 heteroatoms. The van der Waals surface area contributed by atoms with Crippen LogP contribution in [-0.2, 0) is 4.79 Å². The highest BCUT2D eigenvalue weighted by molar-refractivity contribution is 5.91. The first kappa shape index (κ1) is 31.7. The second-order valence-corrected chi connectivity index (χ2v) is 11.9. The summed E-state index contributed by atoms with van der Waals surface area (Å²) in [6, 6.07) is 6.31. The van der Waals surface area contributed by atoms with Crippen molar-refractivity contribution >= 4 is 22.8 Å². The van der Waals surface area contributed by atoms with Crippen molar-refractivity contribution in [1.82, 2.24) is 29.3 Å². The average Bonchev–Trinajstić information content (AvgIpc) is 2.97. The Morgan fingerprint density at radius 2 is 1.91 bits per heavy atom. The molecule has 3 aromatic heterocycles. The van der Waals surface area contributed by atoms with Crippen LogP contribution < -0.4 is 10.6 Å². The number of phenols is 1. The lowest BCUT2D eigenvalue weighted by molar-refractivity contribution is -0.126. The zero-order valence-corrected chi connectivity index (χ0v) is 26.3. The maximum Gasteiger partial charge on any atom is 0.355 e. The van der Waals surface area contributed by atoms with Gasteiger partial charge in [0.1, 0.15) is 23.1 Å². The minimum atomic E-state index is -0.893. The molecule has 45 heavy (non-hydrogen) atoms. The van der Waals surface area contributed by atoms with Crippen molar-refractivity contribution in [2.45, 2.75) is 39.7 Å². The van der Waals surface area contributed by atoms with Gasteiger partial charge in [-0.1, -0.05) is 26.0 Å². The molecule has 1 N–H and O–H groups in total. The lowest BCUT2D eigenvalue weighted by Gasteiger charge is -2.40. The van der Waals surface area contributed by atoms with E-state index in [-0.39, 0.29) is 34.7 Å². The molecule has 1 aliphatic rings. The van der Waals surface area contributed by atoms with E-state index in [1.54, 1.807) is 29.3 Å². The van der Waals surface area contributed by atoms with Crippen LogP contribution in [0.4, 0.5) is 14.6 Å². The maximum atomic E-state index is 15.9. The fraction of sp³-hybridized carbons (Fsp3) is 0.364. The van der Waals surface area contributed by atoms with E-state index >= 15 is 4.39 Å². The average molecular weight is 618 g/mol. The van der Waals surface area contributed by atoms with Crippen LogP contribution >= 0.6 is 0 Å². The zero-order chi connectivity index (χ0) is 32.6. The molecule has 1 fully saturated rings. The van der Waals surface area contributed by atoms with Gasteiger partial charge in [-0.3, -0.25) is 9.78 Å². The number of benzene rings is 1. The number of likely N-dealkylation sites (N-methyl/N-ethyl adjacent to an activating group) is 1. The highest BCUT2D eigenvalue weighted by Crippen LogP contribution is 2.36. The monoisotopic (exact) mass is 617 g/mol. The van der Waals surface area contributed by atoms with E-state index < -0.39 is 34.3 Å². The number of carbonyl (C=O) groups is 1. The van der Waals surface area contributed by atoms with Crippen molar-refractivity contribution in [3.8, 4) is 22.7 Å². The molecule has 0 spiro atoms. The predicted octanol–water partition coefficient (Wildman–Crippen LogP) is 4.41. The fourth-order valence-electron chi connectivity index (χ4n) is 5.68. The van der Waals surface area contributed by atoms with Crippen molar-refractivity contribution < 1.29 is 18.7 Å². The zero-order valence-electron chi connectivity index (χ0n) is 26.3. The summed E-state index contributed by atoms with van der Waals surface area (Å²) in [7, 11) is 3.83. The molecule has 1 aromatic carbocycles. The molecule has 236 valence electrons. The Kier molecular flexibility index (Phi) is 8.96. The summed E-state index contributed by atoms with van der Waals surface area (Å²) in [5.74, 6) is -2.24. The molecule has 1 atom stereocenters. The number of pyridine rings is 2. The summed E-state index contributed by atoms with van der Waals surface area (Å²) < 4.78 is 32.2. The molecule has 4 heterocycles. The highest BCUT2D eigenvalue weighted by atomic mass is 19.1. The molecule has 4 aromatic rings. The quantitative estimate of drug-likeness (QED) is 0.304. The van der Waals surface area contributed by atoms with E-state index in [1.165, 1.54) is 22.8 Å². The third kappa shape index (κ3) is 6.15. The van der Waals surface area contributed by atoms with Crippen LogP contribution in [0.1, 0.15) is 37.9 Å². The number of hydrogen-bond donors (Lipinski definition) is 1. The van der Waals surface area contributed by atoms with Crippen LogP contribution in [-0.4, -0.2) is 86.6 Å². The summed E-state index contributed by atoms with van der Waals surface area (Å²) in [6.07, 6.45) is 5.01. The summed E-state index contributed by atoms with van der Waals surface area (Å²) in [4.78, 5) is 45.9. The van der Waals surface area contributed by atoms with Crippen LogP contribution in [0.2, 0.25) is 0 Å². The first-order valence-corrected chi connectivity index (χ1v) is 14.8. The number of amides is 1. The molecule has 5 rings (SSSR count). The number of carbonyl (C=O) groups excluding carboxylic acids is 1. The predicted molar refractivity (Wildman–Crippen MR) is 170 cm³/mol. The van der Waals surface area contributed by atoms with Crippen LogP contribution in [0.5, 0.6) is 5.75 Å². The van der Waals surface area contributed by atoms with Crippen LogP contribution in [0.25, 0.3) is 28.0 Å². The van der Waals surface area contributed by atoms with Gasteiger partial charge in [-0.05, 0) is 63.7 Å². The van der Waals surface area contributed by atoms with E-state index in [9.17, 15) is 19.1 Å². The van der Waals surface area contributed by atoms with E-state index in [4.69, 9.17) is 0 Å². The fourth-order valence-corrected chi connectivity index (χ4v) is 5.68. The number of aromatic nitrogens is 4. The summed E-state index contributed by atoms with van der Waals surface area (Å²) in [5, 5.41) is 10.7. The molecule has 1 amide bonds. The Morgan fingerprint density at radius 3 is 2.58 bits per heavy atom. The van der Waals surface area contributed by atoms with Gasteiger partial charge < -0.3 is 19.8 Å². The van der Waals surface area contributed by atoms with Crippen molar-refractivity contribution in [2.24, 2.45) is 0 Å². The largest absolute Gasteiger partial charge is 0.507 e. The van der Waals surface area contributed by atoms with Gasteiger partial charge in [-0.2, -0.15) is 4.98 Å². The van der Waals surface area contributed by atoms with Crippen molar-refractivity contribution in [1.29, 1.82) is 0 Å². The van der Waals surface area contributed by atoms with Gasteiger partial charge in [0.15, 0.2) is 11.5 Å². The standard InChI is InChI=1S/C33H37F2N7O3/c1-19(2)28-30(20(3)12-13-36-28)42-32-22(17-24(35)29(37-32)27-23(34)9-7-10-25(27)43)31(38-33(42)45)41-16-15-40(18-21(41)4)26(44)11-8-14-39(5)6/h7-13,17,19,21,43H,14-16,18H2,1-6H3/b11-8+/t21-/m0/s1. The molecule has 0 bridgehead atoms. The first-order valence-electron chi connectivity index (χ1n) is 14.8. The first-order chi connectivity index (χ1) is 21.4. The van der Waals surface area contributed by atoms with Gasteiger partial charge in [0.2, 0.25) is 5.91 Å². The molecular weight excluding hydrogens is 580 g/mol. The summed E-state index contributed by atoms with van der Waals surface area (Å²) in [5.41, 5.74) is 0.300. The molecule has 10 nitrogen and oxygen atoms in total. The number of aryl methyl sites for hydroxylation is 1. The minimum Gasteiger partial charge on any atom is -0.507 e. The molecular formula is C33H37F2N7O3. The Labute approximate surface area is 260 Å². The Morgan fingerprint density at radius 1 is 1.16 bits per heavy atom. The van der Waals surface area contributed by atoms with Crippen molar-refractivity contribution in [2.75, 3.05) is 45.2 Å². The number of phenolic OH excluding ortho intramolecular Hbond substituents is 1. The van der Waals surface area contributed by atoms with Crippen LogP contribution in [0.3, 0.4) is 0 Å². The Bertz CT molecular complexity index is 1830. The van der Waals surface area contributed by atoms with E-state index in [0.29, 0.717) is 37.6 Å². The number of aromatic hydroxyl groups is 1. The van der Waals surface area contributed by atoms with E-state index in [1.807, 2.05) is 51.6 Å². The van der Waals surface area contributed by atoms with Gasteiger partial charge in [0.25, 0.3) is 0 Å². The minimum absolute atomic E-state index is 0.0411. The third-order valence-electron chi connectivity index (χ3n) is 7.90. The number of anilines is 1. The highest BCUT2D eigenvalue weighted by Gasteiger charge is 2.31. The lowest BCUT2D eigenvalue weighted by atomic mass is 10.0. The van der Waals surface area contributed by atoms with Gasteiger partial charge in [-0.15, -0.1) is 0 Å². The number of piperazine rings is 1. The normalized spacial score (nSPS) is 15.6. The Hall–Kier alpha value is -4.71. The molecule has 1 aliphatic heterocycles. The molecule has 0 aliphatic carbocycles. The summed E-state index contributed by atoms with van der Waals surface area (Å²) in [6.45, 7) is 9.29. The van der Waals surface area contributed by atoms with Crippen LogP contribution in [0, 0.1) is 18.6 Å². The van der Waals surface area contributed by atoms with Gasteiger partial charge in [-0.25, -0.2) is 23.1 Å². The van der Waals surface area contributed by atoms with Crippen molar-refractivity contribution in [3.05, 3.63) is 82.1 Å². The second-order valence-electron chi connectivity index (χ2n) is 11.9. The van der Waals surface area contributed by atoms with E-state index in [0.717, 1.165) is 11.6 Å². The van der Waals surface area contributed by atoms with Gasteiger partial charge >= 0.3 is 5.69 Å². The lowest BCUT2D eigenvalue weighted by Crippen LogP contribution is -2.54. The number of halogens is 2. The van der Waals surface area contributed by atoms with Crippen LogP contribution in [0.15, 0.2) is 53.5 Å². The van der Waals surface area contributed by atoms with E-state index in [2.05, 4.69) is 15.0 Å². The van der Waals surface area contributed by atoms with Crippen molar-refractivity contribution in [3.63, 3.8) is 0 Å². The SMILES string of the molecule is Cc1ccnc(C(C)C)c1-n1c(=O)nc(N2CCN(C(=O)/C=C/CN(C)C)C[C@@H]2C)c2cc(F)c(-c3c(O)cccc3F)nc21. The molecule has 1 saturated heterocycles. The topological polar surface area (TPSA) is 108 Å². The molecule has 0 unspecified atom stereocenters. The number of nitrogens with zero attached hydrogens (tertiary/aromatic N) is 7. The second kappa shape index (κ2) is 12.7. The van der Waals surface area contributed by atoms with Gasteiger partial charge in [0.05, 0.1) is 22.3 Å². The number of rotatable bonds is 7. The molecule has 0 saturated carbocycles. The maximum absolute atomic E-state index is 15.9.